The molecule has 10 atom stereocenters. The smallest absolute Gasteiger partial charge is 0.224 e. The molecule has 33 heavy (non-hydrogen) atoms. The number of aliphatic hydroxyl groups is 7. The van der Waals surface area contributed by atoms with Crippen molar-refractivity contribution in [2.24, 2.45) is 0 Å². The quantitative estimate of drug-likeness (QED) is 0.196. The maximum Gasteiger partial charge on any atom is 0.224 e. The molecule has 184 valence electrons. The van der Waals surface area contributed by atoms with Crippen molar-refractivity contribution in [2.45, 2.75) is 61.3 Å². The van der Waals surface area contributed by atoms with Gasteiger partial charge in [0.25, 0.3) is 0 Å². The van der Waals surface area contributed by atoms with Crippen molar-refractivity contribution in [3.8, 4) is 0 Å². The highest BCUT2D eigenvalue weighted by Gasteiger charge is 2.51. The molecule has 0 saturated carbocycles. The van der Waals surface area contributed by atoms with Crippen molar-refractivity contribution >= 4 is 22.9 Å². The lowest BCUT2D eigenvalue weighted by atomic mass is 9.96. The molecule has 2 aromatic heterocycles. The van der Waals surface area contributed by atoms with Gasteiger partial charge in [-0.25, -0.2) is 4.98 Å². The fraction of sp³-hybridized carbons (Fsp3) is 0.706. The molecule has 2 saturated heterocycles. The van der Waals surface area contributed by atoms with Crippen LogP contribution in [0.2, 0.25) is 0 Å². The summed E-state index contributed by atoms with van der Waals surface area (Å²) >= 11 is 0. The number of nitrogen functional groups attached to an aromatic ring is 2. The van der Waals surface area contributed by atoms with Gasteiger partial charge in [0, 0.05) is 0 Å². The molecule has 4 rings (SSSR count). The van der Waals surface area contributed by atoms with Crippen molar-refractivity contribution in [3.63, 3.8) is 0 Å². The Labute approximate surface area is 185 Å². The van der Waals surface area contributed by atoms with E-state index < -0.39 is 74.6 Å². The summed E-state index contributed by atoms with van der Waals surface area (Å²) in [5, 5.41) is 70.7. The van der Waals surface area contributed by atoms with Crippen molar-refractivity contribution in [1.29, 1.82) is 0 Å². The summed E-state index contributed by atoms with van der Waals surface area (Å²) in [6, 6.07) is 0. The van der Waals surface area contributed by atoms with Gasteiger partial charge >= 0.3 is 0 Å². The number of nitrogens with two attached hydrogens (primary N) is 2. The average Bonchev–Trinajstić information content (AvgIpc) is 3.21. The van der Waals surface area contributed by atoms with Gasteiger partial charge in [-0.1, -0.05) is 0 Å². The molecular weight excluding hydrogens is 448 g/mol. The molecule has 2 aromatic rings. The van der Waals surface area contributed by atoms with E-state index >= 15 is 0 Å². The monoisotopic (exact) mass is 474 g/mol. The van der Waals surface area contributed by atoms with Crippen LogP contribution < -0.4 is 11.5 Å². The third-order valence-corrected chi connectivity index (χ3v) is 5.72. The van der Waals surface area contributed by atoms with Crippen LogP contribution in [0.4, 0.5) is 11.8 Å². The maximum atomic E-state index is 10.8. The SMILES string of the molecule is Nc1nc(N)c2ncn([C@H]3O[C@@H](CO)[C@@H](O[C@H]4O[C@@H](CO)[C@@H](O)[C@@H](O)[C@H]4O)[C@@H](O)[C@H]3O)c2n1. The van der Waals surface area contributed by atoms with Crippen LogP contribution in [-0.2, 0) is 14.2 Å². The zero-order chi connectivity index (χ0) is 24.0. The third kappa shape index (κ3) is 4.10. The van der Waals surface area contributed by atoms with E-state index in [1.165, 1.54) is 10.9 Å². The minimum absolute atomic E-state index is 0.00960. The van der Waals surface area contributed by atoms with Gasteiger partial charge in [0.2, 0.25) is 5.95 Å². The predicted molar refractivity (Wildman–Crippen MR) is 106 cm³/mol. The molecule has 2 aliphatic heterocycles. The molecule has 0 bridgehead atoms. The number of ether oxygens (including phenoxy) is 3. The lowest BCUT2D eigenvalue weighted by Gasteiger charge is -2.46. The van der Waals surface area contributed by atoms with Gasteiger partial charge in [-0.2, -0.15) is 9.97 Å². The summed E-state index contributed by atoms with van der Waals surface area (Å²) in [6.45, 7) is -1.38. The second kappa shape index (κ2) is 9.18. The fourth-order valence-electron chi connectivity index (χ4n) is 3.94. The minimum atomic E-state index is -1.76. The summed E-state index contributed by atoms with van der Waals surface area (Å²) in [5.41, 5.74) is 11.7. The maximum absolute atomic E-state index is 10.8. The Bertz CT molecular complexity index is 975. The van der Waals surface area contributed by atoms with Gasteiger partial charge in [-0.05, 0) is 0 Å². The Morgan fingerprint density at radius 1 is 0.879 bits per heavy atom. The van der Waals surface area contributed by atoms with Crippen molar-refractivity contribution in [2.75, 3.05) is 24.7 Å². The molecule has 0 aliphatic carbocycles. The lowest BCUT2D eigenvalue weighted by Crippen LogP contribution is -2.63. The highest BCUT2D eigenvalue weighted by Crippen LogP contribution is 2.34. The van der Waals surface area contributed by atoms with E-state index in [0.29, 0.717) is 0 Å². The van der Waals surface area contributed by atoms with E-state index in [0.717, 1.165) is 0 Å². The first-order valence-electron chi connectivity index (χ1n) is 10.0. The second-order valence-corrected chi connectivity index (χ2v) is 7.82. The summed E-state index contributed by atoms with van der Waals surface area (Å²) in [5.74, 6) is -0.167. The molecule has 2 aliphatic rings. The Morgan fingerprint density at radius 2 is 1.58 bits per heavy atom. The first-order chi connectivity index (χ1) is 15.7. The van der Waals surface area contributed by atoms with E-state index in [2.05, 4.69) is 15.0 Å². The van der Waals surface area contributed by atoms with Crippen molar-refractivity contribution in [3.05, 3.63) is 6.33 Å². The number of hydrogen-bond acceptors (Lipinski definition) is 15. The van der Waals surface area contributed by atoms with Gasteiger partial charge in [0.15, 0.2) is 24.0 Å². The van der Waals surface area contributed by atoms with Crippen LogP contribution in [0.15, 0.2) is 6.33 Å². The molecular formula is C17H26N6O10. The number of imidazole rings is 1. The van der Waals surface area contributed by atoms with E-state index in [4.69, 9.17) is 25.7 Å². The average molecular weight is 474 g/mol. The van der Waals surface area contributed by atoms with Crippen LogP contribution in [0.5, 0.6) is 0 Å². The Kier molecular flexibility index (Phi) is 6.65. The van der Waals surface area contributed by atoms with Crippen molar-refractivity contribution in [1.82, 2.24) is 19.5 Å². The second-order valence-electron chi connectivity index (χ2n) is 7.82. The first-order valence-corrected chi connectivity index (χ1v) is 10.0. The van der Waals surface area contributed by atoms with Crippen LogP contribution in [0.3, 0.4) is 0 Å². The molecule has 2 fully saturated rings. The van der Waals surface area contributed by atoms with Crippen LogP contribution >= 0.6 is 0 Å². The molecule has 11 N–H and O–H groups in total. The Morgan fingerprint density at radius 3 is 2.24 bits per heavy atom. The molecule has 0 radical (unpaired) electrons. The predicted octanol–water partition coefficient (Wildman–Crippen LogP) is -5.21. The lowest BCUT2D eigenvalue weighted by molar-refractivity contribution is -0.346. The number of aromatic nitrogens is 4. The Balaban J connectivity index is 1.58. The van der Waals surface area contributed by atoms with E-state index in [-0.39, 0.29) is 22.9 Å². The summed E-state index contributed by atoms with van der Waals surface area (Å²) < 4.78 is 17.8. The summed E-state index contributed by atoms with van der Waals surface area (Å²) in [4.78, 5) is 11.9. The largest absolute Gasteiger partial charge is 0.394 e. The highest BCUT2D eigenvalue weighted by molar-refractivity contribution is 5.82. The number of nitrogens with zero attached hydrogens (tertiary/aromatic N) is 4. The van der Waals surface area contributed by atoms with Gasteiger partial charge < -0.3 is 61.4 Å². The summed E-state index contributed by atoms with van der Waals surface area (Å²) in [7, 11) is 0. The van der Waals surface area contributed by atoms with Gasteiger partial charge in [-0.3, -0.25) is 4.57 Å². The molecule has 16 nitrogen and oxygen atoms in total. The number of anilines is 2. The van der Waals surface area contributed by atoms with Crippen LogP contribution in [0.1, 0.15) is 6.23 Å². The molecule has 16 heteroatoms. The van der Waals surface area contributed by atoms with Crippen LogP contribution in [0.25, 0.3) is 11.2 Å². The fourth-order valence-corrected chi connectivity index (χ4v) is 3.94. The normalized spacial score (nSPS) is 39.7. The number of rotatable bonds is 5. The first kappa shape index (κ1) is 23.9. The van der Waals surface area contributed by atoms with E-state index in [1.807, 2.05) is 0 Å². The summed E-state index contributed by atoms with van der Waals surface area (Å²) in [6.07, 6.45) is -14.1. The van der Waals surface area contributed by atoms with Gasteiger partial charge in [0.05, 0.1) is 19.5 Å². The molecule has 4 heterocycles. The van der Waals surface area contributed by atoms with Gasteiger partial charge in [-0.15, -0.1) is 0 Å². The number of aliphatic hydroxyl groups excluding tert-OH is 7. The third-order valence-electron chi connectivity index (χ3n) is 5.72. The minimum Gasteiger partial charge on any atom is -0.394 e. The van der Waals surface area contributed by atoms with E-state index in [9.17, 15) is 35.7 Å². The van der Waals surface area contributed by atoms with Gasteiger partial charge in [0.1, 0.15) is 54.3 Å². The van der Waals surface area contributed by atoms with Crippen molar-refractivity contribution < 1.29 is 50.0 Å². The zero-order valence-electron chi connectivity index (χ0n) is 17.1. The molecule has 0 aromatic carbocycles. The molecule has 0 amide bonds. The standard InChI is InChI=1S/C17H26N6O10/c18-13-6-14(22-17(19)21-13)23(3-20-6)15-10(29)9(28)12(5(2-25)31-15)33-16-11(30)8(27)7(26)4(1-24)32-16/h3-5,7-12,15-16,24-30H,1-2H2,(H4,18,19,21,22)/t4-,5-,7+,8+,9-,10+,11+,12+,15-,16+/m0/s1. The van der Waals surface area contributed by atoms with E-state index in [1.54, 1.807) is 0 Å². The number of fused-ring (bicyclic) bond motifs is 1. The Hall–Kier alpha value is -2.25. The molecule has 0 unspecified atom stereocenters. The highest BCUT2D eigenvalue weighted by atomic mass is 16.7. The molecule has 0 spiro atoms. The van der Waals surface area contributed by atoms with Crippen LogP contribution in [0, 0.1) is 0 Å². The zero-order valence-corrected chi connectivity index (χ0v) is 17.1. The van der Waals surface area contributed by atoms with Crippen LogP contribution in [-0.4, -0.2) is 124 Å². The number of hydrogen-bond donors (Lipinski definition) is 9. The topological polar surface area (TPSA) is 265 Å².